The van der Waals surface area contributed by atoms with Gasteiger partial charge in [0.25, 0.3) is 6.43 Å². The van der Waals surface area contributed by atoms with Gasteiger partial charge in [0.05, 0.1) is 11.9 Å². The second-order valence-electron chi connectivity index (χ2n) is 1.75. The van der Waals surface area contributed by atoms with Crippen molar-refractivity contribution in [2.45, 2.75) is 6.43 Å². The first kappa shape index (κ1) is 6.98. The predicted octanol–water partition coefficient (Wildman–Crippen LogP) is 1.39. The maximum atomic E-state index is 11.9. The van der Waals surface area contributed by atoms with E-state index in [0.717, 1.165) is 0 Å². The molecule has 1 rings (SSSR count). The van der Waals surface area contributed by atoms with Crippen LogP contribution in [0.25, 0.3) is 0 Å². The van der Waals surface area contributed by atoms with Gasteiger partial charge in [0.15, 0.2) is 0 Å². The number of anilines is 1. The topological polar surface area (TPSA) is 40.7 Å². The fraction of sp³-hybridized carbons (Fsp3) is 0.400. The summed E-state index contributed by atoms with van der Waals surface area (Å²) in [6.45, 7) is 0. The molecule has 0 aliphatic carbocycles. The molecule has 1 aromatic heterocycles. The highest BCUT2D eigenvalue weighted by Crippen LogP contribution is 2.22. The third kappa shape index (κ3) is 1.07. The summed E-state index contributed by atoms with van der Waals surface area (Å²) in [5, 5.41) is 8.22. The zero-order valence-electron chi connectivity index (χ0n) is 5.36. The van der Waals surface area contributed by atoms with Crippen LogP contribution in [0.3, 0.4) is 0 Å². The Hall–Kier alpha value is -1.13. The first-order chi connectivity index (χ1) is 4.75. The average Bonchev–Trinajstić information content (AvgIpc) is 2.33. The van der Waals surface area contributed by atoms with E-state index in [1.165, 1.54) is 6.20 Å². The maximum absolute atomic E-state index is 11.9. The summed E-state index contributed by atoms with van der Waals surface area (Å²) in [4.78, 5) is 0. The number of hydrogen-bond acceptors (Lipinski definition) is 2. The number of alkyl halides is 2. The van der Waals surface area contributed by atoms with Crippen molar-refractivity contribution in [2.75, 3.05) is 12.4 Å². The third-order valence-corrected chi connectivity index (χ3v) is 1.16. The van der Waals surface area contributed by atoms with Crippen LogP contribution in [0.2, 0.25) is 0 Å². The van der Waals surface area contributed by atoms with Gasteiger partial charge in [-0.3, -0.25) is 5.10 Å². The summed E-state index contributed by atoms with van der Waals surface area (Å²) in [5.74, 6) is 0. The molecule has 0 amide bonds. The van der Waals surface area contributed by atoms with Crippen molar-refractivity contribution in [1.29, 1.82) is 0 Å². The highest BCUT2D eigenvalue weighted by Gasteiger charge is 2.13. The number of hydrogen-bond donors (Lipinski definition) is 2. The van der Waals surface area contributed by atoms with Crippen LogP contribution in [-0.2, 0) is 0 Å². The van der Waals surface area contributed by atoms with Crippen LogP contribution in [0.1, 0.15) is 12.1 Å². The normalized spacial score (nSPS) is 10.4. The molecule has 0 saturated heterocycles. The zero-order chi connectivity index (χ0) is 7.56. The molecule has 0 aliphatic rings. The first-order valence-electron chi connectivity index (χ1n) is 2.75. The van der Waals surface area contributed by atoms with Crippen molar-refractivity contribution in [3.63, 3.8) is 0 Å². The molecule has 0 atom stereocenters. The number of nitrogens with one attached hydrogen (secondary N) is 2. The summed E-state index contributed by atoms with van der Waals surface area (Å²) < 4.78 is 23.9. The fourth-order valence-corrected chi connectivity index (χ4v) is 0.662. The van der Waals surface area contributed by atoms with Gasteiger partial charge in [-0.05, 0) is 0 Å². The van der Waals surface area contributed by atoms with Crippen LogP contribution >= 0.6 is 0 Å². The van der Waals surface area contributed by atoms with Gasteiger partial charge in [0, 0.05) is 7.05 Å². The molecule has 0 radical (unpaired) electrons. The monoisotopic (exact) mass is 147 g/mol. The molecule has 5 heteroatoms. The Morgan fingerprint density at radius 3 is 2.80 bits per heavy atom. The standard InChI is InChI=1S/C5H7F2N3/c1-8-3-2-9-10-4(3)5(6)7/h2,5,8H,1H3,(H,9,10). The van der Waals surface area contributed by atoms with E-state index >= 15 is 0 Å². The van der Waals surface area contributed by atoms with E-state index in [0.29, 0.717) is 5.69 Å². The van der Waals surface area contributed by atoms with Gasteiger partial charge in [-0.1, -0.05) is 0 Å². The highest BCUT2D eigenvalue weighted by molar-refractivity contribution is 5.45. The van der Waals surface area contributed by atoms with E-state index < -0.39 is 6.43 Å². The smallest absolute Gasteiger partial charge is 0.281 e. The lowest BCUT2D eigenvalue weighted by Gasteiger charge is -1.98. The van der Waals surface area contributed by atoms with Gasteiger partial charge in [-0.15, -0.1) is 0 Å². The van der Waals surface area contributed by atoms with Gasteiger partial charge >= 0.3 is 0 Å². The van der Waals surface area contributed by atoms with E-state index in [1.54, 1.807) is 7.05 Å². The molecule has 0 bridgehead atoms. The van der Waals surface area contributed by atoms with Crippen molar-refractivity contribution in [3.8, 4) is 0 Å². The Morgan fingerprint density at radius 2 is 2.40 bits per heavy atom. The van der Waals surface area contributed by atoms with Crippen LogP contribution in [0, 0.1) is 0 Å². The molecule has 0 aliphatic heterocycles. The lowest BCUT2D eigenvalue weighted by molar-refractivity contribution is 0.147. The molecule has 10 heavy (non-hydrogen) atoms. The number of halogens is 2. The van der Waals surface area contributed by atoms with Crippen molar-refractivity contribution < 1.29 is 8.78 Å². The van der Waals surface area contributed by atoms with Gasteiger partial charge in [-0.2, -0.15) is 5.10 Å². The van der Waals surface area contributed by atoms with Crippen molar-refractivity contribution in [2.24, 2.45) is 0 Å². The largest absolute Gasteiger partial charge is 0.385 e. The lowest BCUT2D eigenvalue weighted by Crippen LogP contribution is -1.92. The third-order valence-electron chi connectivity index (χ3n) is 1.16. The van der Waals surface area contributed by atoms with Gasteiger partial charge in [-0.25, -0.2) is 8.78 Å². The summed E-state index contributed by atoms with van der Waals surface area (Å²) in [7, 11) is 1.57. The van der Waals surface area contributed by atoms with E-state index in [-0.39, 0.29) is 5.69 Å². The van der Waals surface area contributed by atoms with Gasteiger partial charge in [0.2, 0.25) is 0 Å². The average molecular weight is 147 g/mol. The Labute approximate surface area is 56.4 Å². The summed E-state index contributed by atoms with van der Waals surface area (Å²) >= 11 is 0. The van der Waals surface area contributed by atoms with Crippen molar-refractivity contribution >= 4 is 5.69 Å². The Bertz CT molecular complexity index is 208. The van der Waals surface area contributed by atoms with Crippen LogP contribution in [-0.4, -0.2) is 17.2 Å². The Balaban J connectivity index is 2.90. The van der Waals surface area contributed by atoms with Crippen LogP contribution < -0.4 is 5.32 Å². The number of H-pyrrole nitrogens is 1. The van der Waals surface area contributed by atoms with E-state index in [4.69, 9.17) is 0 Å². The molecular formula is C5H7F2N3. The first-order valence-corrected chi connectivity index (χ1v) is 2.75. The van der Waals surface area contributed by atoms with Crippen LogP contribution in [0.15, 0.2) is 6.20 Å². The van der Waals surface area contributed by atoms with E-state index in [2.05, 4.69) is 15.5 Å². The Kier molecular flexibility index (Phi) is 1.84. The molecule has 0 aromatic carbocycles. The molecule has 0 unspecified atom stereocenters. The Morgan fingerprint density at radius 1 is 1.70 bits per heavy atom. The molecule has 1 heterocycles. The number of aromatic amines is 1. The second-order valence-corrected chi connectivity index (χ2v) is 1.75. The van der Waals surface area contributed by atoms with Crippen LogP contribution in [0.5, 0.6) is 0 Å². The maximum Gasteiger partial charge on any atom is 0.281 e. The predicted molar refractivity (Wildman–Crippen MR) is 33.1 cm³/mol. The molecule has 0 saturated carbocycles. The van der Waals surface area contributed by atoms with E-state index in [9.17, 15) is 8.78 Å². The minimum atomic E-state index is -2.50. The molecule has 3 nitrogen and oxygen atoms in total. The van der Waals surface area contributed by atoms with Crippen molar-refractivity contribution in [1.82, 2.24) is 10.2 Å². The SMILES string of the molecule is CNc1cn[nH]c1C(F)F. The minimum absolute atomic E-state index is 0.164. The minimum Gasteiger partial charge on any atom is -0.385 e. The summed E-state index contributed by atoms with van der Waals surface area (Å²) in [6.07, 6.45) is -1.17. The number of nitrogens with zero attached hydrogens (tertiary/aromatic N) is 1. The van der Waals surface area contributed by atoms with Crippen LogP contribution in [0.4, 0.5) is 14.5 Å². The molecule has 0 fully saturated rings. The fourth-order valence-electron chi connectivity index (χ4n) is 0.662. The van der Waals surface area contributed by atoms with Gasteiger partial charge < -0.3 is 5.32 Å². The van der Waals surface area contributed by atoms with E-state index in [1.807, 2.05) is 0 Å². The summed E-state index contributed by atoms with van der Waals surface area (Å²) in [5.41, 5.74) is 0.178. The number of rotatable bonds is 2. The van der Waals surface area contributed by atoms with Gasteiger partial charge in [0.1, 0.15) is 5.69 Å². The summed E-state index contributed by atoms with van der Waals surface area (Å²) in [6, 6.07) is 0. The van der Waals surface area contributed by atoms with Crippen molar-refractivity contribution in [3.05, 3.63) is 11.9 Å². The lowest BCUT2D eigenvalue weighted by atomic mass is 10.4. The second kappa shape index (κ2) is 2.64. The zero-order valence-corrected chi connectivity index (χ0v) is 5.36. The molecular weight excluding hydrogens is 140 g/mol. The molecule has 2 N–H and O–H groups in total. The number of aromatic nitrogens is 2. The highest BCUT2D eigenvalue weighted by atomic mass is 19.3. The molecule has 0 spiro atoms. The quantitative estimate of drug-likeness (QED) is 0.663. The molecule has 56 valence electrons. The molecule has 1 aromatic rings.